The molecule has 1 unspecified atom stereocenters. The molecule has 3 rings (SSSR count). The van der Waals surface area contributed by atoms with E-state index < -0.39 is 11.0 Å². The quantitative estimate of drug-likeness (QED) is 0.690. The number of phenolic OH excluding ortho intramolecular Hbond substituents is 1. The first-order valence-electron chi connectivity index (χ1n) is 6.85. The summed E-state index contributed by atoms with van der Waals surface area (Å²) in [5.74, 6) is 0.248. The van der Waals surface area contributed by atoms with Crippen LogP contribution in [0.25, 0.3) is 0 Å². The van der Waals surface area contributed by atoms with Crippen molar-refractivity contribution in [1.82, 2.24) is 0 Å². The number of nitrogens with zero attached hydrogens (tertiary/aromatic N) is 1. The zero-order chi connectivity index (χ0) is 16.6. The average molecular weight is 315 g/mol. The summed E-state index contributed by atoms with van der Waals surface area (Å²) in [5, 5.41) is 20.4. The molecule has 1 heterocycles. The second-order valence-electron chi connectivity index (χ2n) is 5.10. The van der Waals surface area contributed by atoms with Crippen LogP contribution in [-0.2, 0) is 0 Å². The molecular weight excluding hydrogens is 302 g/mol. The third-order valence-corrected chi connectivity index (χ3v) is 3.67. The molecule has 7 heteroatoms. The lowest BCUT2D eigenvalue weighted by atomic mass is 9.95. The molecule has 1 aliphatic heterocycles. The molecule has 1 N–H and O–H groups in total. The summed E-state index contributed by atoms with van der Waals surface area (Å²) < 4.78 is 10.9. The van der Waals surface area contributed by atoms with Crippen LogP contribution in [0, 0.1) is 10.1 Å². The van der Waals surface area contributed by atoms with Crippen molar-refractivity contribution in [2.24, 2.45) is 0 Å². The molecule has 1 atom stereocenters. The Morgan fingerprint density at radius 3 is 2.61 bits per heavy atom. The van der Waals surface area contributed by atoms with Gasteiger partial charge in [0.2, 0.25) is 0 Å². The number of hydrogen-bond donors (Lipinski definition) is 1. The first-order chi connectivity index (χ1) is 11.0. The number of ketones is 1. The Kier molecular flexibility index (Phi) is 3.61. The number of nitro groups is 1. The van der Waals surface area contributed by atoms with Gasteiger partial charge >= 0.3 is 0 Å². The molecule has 0 saturated heterocycles. The van der Waals surface area contributed by atoms with Crippen LogP contribution in [0.2, 0.25) is 0 Å². The zero-order valence-corrected chi connectivity index (χ0v) is 12.2. The molecule has 0 aromatic heterocycles. The van der Waals surface area contributed by atoms with Crippen LogP contribution in [0.1, 0.15) is 28.4 Å². The highest BCUT2D eigenvalue weighted by Crippen LogP contribution is 2.42. The van der Waals surface area contributed by atoms with Gasteiger partial charge in [-0.25, -0.2) is 0 Å². The van der Waals surface area contributed by atoms with Gasteiger partial charge < -0.3 is 14.6 Å². The standard InChI is InChI=1S/C16H13NO6/c1-22-14-6-11(18)7-15-16(14)12(19)8-13(23-15)9-2-4-10(5-3-9)17(20)21/h2-7,13,18H,8H2,1H3. The topological polar surface area (TPSA) is 98.9 Å². The van der Waals surface area contributed by atoms with E-state index in [1.165, 1.54) is 31.4 Å². The first kappa shape index (κ1) is 14.8. The molecule has 0 aliphatic carbocycles. The van der Waals surface area contributed by atoms with Crippen LogP contribution in [0.3, 0.4) is 0 Å². The van der Waals surface area contributed by atoms with Crippen LogP contribution in [-0.4, -0.2) is 22.9 Å². The number of benzene rings is 2. The maximum atomic E-state index is 12.4. The number of ether oxygens (including phenoxy) is 2. The summed E-state index contributed by atoms with van der Waals surface area (Å²) in [5.41, 5.74) is 0.913. The largest absolute Gasteiger partial charge is 0.508 e. The Bertz CT molecular complexity index is 784. The molecule has 2 aromatic carbocycles. The predicted octanol–water partition coefficient (Wildman–Crippen LogP) is 3.02. The summed E-state index contributed by atoms with van der Waals surface area (Å²) in [4.78, 5) is 22.6. The number of aromatic hydroxyl groups is 1. The van der Waals surface area contributed by atoms with E-state index in [4.69, 9.17) is 9.47 Å². The van der Waals surface area contributed by atoms with Crippen LogP contribution in [0.15, 0.2) is 36.4 Å². The van der Waals surface area contributed by atoms with Crippen molar-refractivity contribution in [1.29, 1.82) is 0 Å². The van der Waals surface area contributed by atoms with Crippen LogP contribution in [0.5, 0.6) is 17.2 Å². The lowest BCUT2D eigenvalue weighted by molar-refractivity contribution is -0.384. The van der Waals surface area contributed by atoms with Crippen molar-refractivity contribution in [3.8, 4) is 17.2 Å². The number of carbonyl (C=O) groups excluding carboxylic acids is 1. The lowest BCUT2D eigenvalue weighted by Crippen LogP contribution is -2.21. The predicted molar refractivity (Wildman–Crippen MR) is 80.1 cm³/mol. The molecule has 0 bridgehead atoms. The highest BCUT2D eigenvalue weighted by Gasteiger charge is 2.31. The highest BCUT2D eigenvalue weighted by atomic mass is 16.6. The number of fused-ring (bicyclic) bond motifs is 1. The number of phenols is 1. The van der Waals surface area contributed by atoms with E-state index in [2.05, 4.69) is 0 Å². The van der Waals surface area contributed by atoms with E-state index in [1.54, 1.807) is 12.1 Å². The average Bonchev–Trinajstić information content (AvgIpc) is 2.53. The Balaban J connectivity index is 1.95. The van der Waals surface area contributed by atoms with Crippen LogP contribution >= 0.6 is 0 Å². The van der Waals surface area contributed by atoms with Gasteiger partial charge in [0.1, 0.15) is 28.9 Å². The van der Waals surface area contributed by atoms with Crippen molar-refractivity contribution < 1.29 is 24.3 Å². The first-order valence-corrected chi connectivity index (χ1v) is 6.85. The fourth-order valence-corrected chi connectivity index (χ4v) is 2.57. The van der Waals surface area contributed by atoms with Gasteiger partial charge in [-0.1, -0.05) is 0 Å². The minimum Gasteiger partial charge on any atom is -0.508 e. The van der Waals surface area contributed by atoms with Gasteiger partial charge in [0.05, 0.1) is 18.5 Å². The number of rotatable bonds is 3. The molecule has 7 nitrogen and oxygen atoms in total. The zero-order valence-electron chi connectivity index (χ0n) is 12.2. The van der Waals surface area contributed by atoms with Crippen LogP contribution < -0.4 is 9.47 Å². The smallest absolute Gasteiger partial charge is 0.269 e. The summed E-state index contributed by atoms with van der Waals surface area (Å²) in [6.45, 7) is 0. The van der Waals surface area contributed by atoms with Gasteiger partial charge in [0, 0.05) is 24.3 Å². The molecule has 0 spiro atoms. The molecule has 0 radical (unpaired) electrons. The third-order valence-electron chi connectivity index (χ3n) is 3.67. The minimum atomic E-state index is -0.567. The molecule has 0 fully saturated rings. The lowest BCUT2D eigenvalue weighted by Gasteiger charge is -2.26. The number of methoxy groups -OCH3 is 1. The van der Waals surface area contributed by atoms with Gasteiger partial charge in [-0.15, -0.1) is 0 Å². The Hall–Kier alpha value is -3.09. The summed E-state index contributed by atoms with van der Waals surface area (Å²) in [6.07, 6.45) is -0.478. The van der Waals surface area contributed by atoms with Crippen molar-refractivity contribution in [2.45, 2.75) is 12.5 Å². The van der Waals surface area contributed by atoms with E-state index in [1.807, 2.05) is 0 Å². The van der Waals surface area contributed by atoms with Crippen molar-refractivity contribution in [2.75, 3.05) is 7.11 Å². The maximum Gasteiger partial charge on any atom is 0.269 e. The van der Waals surface area contributed by atoms with Gasteiger partial charge in [0.25, 0.3) is 5.69 Å². The maximum absolute atomic E-state index is 12.4. The molecule has 118 valence electrons. The Morgan fingerprint density at radius 1 is 1.30 bits per heavy atom. The van der Waals surface area contributed by atoms with Gasteiger partial charge in [-0.3, -0.25) is 14.9 Å². The molecule has 0 amide bonds. The molecule has 23 heavy (non-hydrogen) atoms. The van der Waals surface area contributed by atoms with E-state index in [9.17, 15) is 20.0 Å². The van der Waals surface area contributed by atoms with Gasteiger partial charge in [-0.05, 0) is 17.7 Å². The van der Waals surface area contributed by atoms with Gasteiger partial charge in [0.15, 0.2) is 5.78 Å². The van der Waals surface area contributed by atoms with E-state index in [-0.39, 0.29) is 35.1 Å². The Morgan fingerprint density at radius 2 is 2.00 bits per heavy atom. The second-order valence-corrected chi connectivity index (χ2v) is 5.10. The Labute approximate surface area is 131 Å². The van der Waals surface area contributed by atoms with Crippen molar-refractivity contribution in [3.05, 3.63) is 57.6 Å². The fraction of sp³-hybridized carbons (Fsp3) is 0.188. The number of non-ortho nitro benzene ring substituents is 1. The number of carbonyl (C=O) groups is 1. The number of Topliss-reactive ketones (excluding diaryl/α,β-unsaturated/α-hetero) is 1. The van der Waals surface area contributed by atoms with Gasteiger partial charge in [-0.2, -0.15) is 0 Å². The number of hydrogen-bond acceptors (Lipinski definition) is 6. The molecular formula is C16H13NO6. The fourth-order valence-electron chi connectivity index (χ4n) is 2.57. The normalized spacial score (nSPS) is 16.4. The van der Waals surface area contributed by atoms with E-state index in [0.29, 0.717) is 11.1 Å². The van der Waals surface area contributed by atoms with Crippen LogP contribution in [0.4, 0.5) is 5.69 Å². The molecule has 2 aromatic rings. The SMILES string of the molecule is COc1cc(O)cc2c1C(=O)CC(c1ccc([N+](=O)[O-])cc1)O2. The van der Waals surface area contributed by atoms with Crippen molar-refractivity contribution in [3.63, 3.8) is 0 Å². The summed E-state index contributed by atoms with van der Waals surface area (Å²) in [6, 6.07) is 8.55. The van der Waals surface area contributed by atoms with E-state index in [0.717, 1.165) is 0 Å². The molecule has 1 aliphatic rings. The second kappa shape index (κ2) is 5.60. The number of nitro benzene ring substituents is 1. The summed E-state index contributed by atoms with van der Waals surface area (Å²) >= 11 is 0. The van der Waals surface area contributed by atoms with Crippen molar-refractivity contribution >= 4 is 11.5 Å². The highest BCUT2D eigenvalue weighted by molar-refractivity contribution is 6.02. The minimum absolute atomic E-state index is 0.0319. The summed E-state index contributed by atoms with van der Waals surface area (Å²) in [7, 11) is 1.41. The van der Waals surface area contributed by atoms with E-state index >= 15 is 0 Å². The third kappa shape index (κ3) is 2.68. The monoisotopic (exact) mass is 315 g/mol. The molecule has 0 saturated carbocycles.